The standard InChI is InChI=1S/C9H18Cl3O4P/c1-3-14-17(13,15-4-2)16-8-6-5-7-9(10,11)12/h3-8H2,1-2H3. The minimum atomic E-state index is -3.40. The van der Waals surface area contributed by atoms with Crippen LogP contribution in [0.3, 0.4) is 0 Å². The molecule has 0 fully saturated rings. The third-order valence-corrected chi connectivity index (χ3v) is 3.89. The molecule has 104 valence electrons. The number of halogens is 3. The molecule has 0 aliphatic rings. The minimum absolute atomic E-state index is 0.248. The highest BCUT2D eigenvalue weighted by Crippen LogP contribution is 2.49. The van der Waals surface area contributed by atoms with Crippen LogP contribution in [0.1, 0.15) is 33.1 Å². The van der Waals surface area contributed by atoms with Gasteiger partial charge in [-0.05, 0) is 33.1 Å². The molecule has 0 atom stereocenters. The second-order valence-electron chi connectivity index (χ2n) is 3.19. The monoisotopic (exact) mass is 326 g/mol. The van der Waals surface area contributed by atoms with Crippen LogP contribution in [0.25, 0.3) is 0 Å². The Morgan fingerprint density at radius 3 is 1.94 bits per heavy atom. The quantitative estimate of drug-likeness (QED) is 0.349. The van der Waals surface area contributed by atoms with Crippen molar-refractivity contribution in [3.05, 3.63) is 0 Å². The average molecular weight is 328 g/mol. The molecule has 0 aliphatic heterocycles. The number of phosphoric acid groups is 1. The van der Waals surface area contributed by atoms with Gasteiger partial charge in [0.05, 0.1) is 19.8 Å². The summed E-state index contributed by atoms with van der Waals surface area (Å²) in [6.07, 6.45) is 1.71. The molecule has 0 spiro atoms. The molecule has 0 bridgehead atoms. The molecule has 0 saturated carbocycles. The van der Waals surface area contributed by atoms with Crippen molar-refractivity contribution < 1.29 is 18.1 Å². The maximum atomic E-state index is 11.8. The summed E-state index contributed by atoms with van der Waals surface area (Å²) in [5.74, 6) is 0. The molecular weight excluding hydrogens is 309 g/mol. The van der Waals surface area contributed by atoms with Crippen molar-refractivity contribution in [1.29, 1.82) is 0 Å². The van der Waals surface area contributed by atoms with E-state index < -0.39 is 11.6 Å². The summed E-state index contributed by atoms with van der Waals surface area (Å²) in [4.78, 5) is 0. The van der Waals surface area contributed by atoms with Gasteiger partial charge in [-0.1, -0.05) is 34.8 Å². The minimum Gasteiger partial charge on any atom is -0.287 e. The second-order valence-corrected chi connectivity index (χ2v) is 7.37. The molecule has 0 rings (SSSR count). The van der Waals surface area contributed by atoms with Crippen molar-refractivity contribution >= 4 is 42.6 Å². The SMILES string of the molecule is CCOP(=O)(OCC)OCCCCC(Cl)(Cl)Cl. The van der Waals surface area contributed by atoms with Crippen LogP contribution in [-0.4, -0.2) is 23.6 Å². The predicted molar refractivity (Wildman–Crippen MR) is 71.0 cm³/mol. The molecule has 0 radical (unpaired) electrons. The van der Waals surface area contributed by atoms with Crippen LogP contribution in [0.2, 0.25) is 0 Å². The zero-order chi connectivity index (χ0) is 13.4. The molecule has 0 unspecified atom stereocenters. The fourth-order valence-electron chi connectivity index (χ4n) is 1.03. The molecule has 0 aromatic carbocycles. The van der Waals surface area contributed by atoms with Crippen LogP contribution in [-0.2, 0) is 18.1 Å². The van der Waals surface area contributed by atoms with E-state index in [0.717, 1.165) is 0 Å². The highest BCUT2D eigenvalue weighted by Gasteiger charge is 2.25. The molecule has 0 aliphatic carbocycles. The highest BCUT2D eigenvalue weighted by molar-refractivity contribution is 7.48. The van der Waals surface area contributed by atoms with Crippen molar-refractivity contribution in [2.24, 2.45) is 0 Å². The largest absolute Gasteiger partial charge is 0.474 e. The Kier molecular flexibility index (Phi) is 9.49. The van der Waals surface area contributed by atoms with Gasteiger partial charge in [0.15, 0.2) is 3.79 Å². The van der Waals surface area contributed by atoms with Gasteiger partial charge in [0, 0.05) is 0 Å². The van der Waals surface area contributed by atoms with Crippen molar-refractivity contribution in [2.45, 2.75) is 36.9 Å². The first-order valence-electron chi connectivity index (χ1n) is 5.43. The lowest BCUT2D eigenvalue weighted by Gasteiger charge is -2.16. The molecule has 0 saturated heterocycles. The Balaban J connectivity index is 3.80. The molecular formula is C9H18Cl3O4P. The van der Waals surface area contributed by atoms with E-state index in [1.54, 1.807) is 13.8 Å². The van der Waals surface area contributed by atoms with E-state index in [9.17, 15) is 4.57 Å². The predicted octanol–water partition coefficient (Wildman–Crippen LogP) is 4.72. The van der Waals surface area contributed by atoms with Gasteiger partial charge in [0.25, 0.3) is 0 Å². The lowest BCUT2D eigenvalue weighted by atomic mass is 10.3. The van der Waals surface area contributed by atoms with Crippen molar-refractivity contribution in [3.8, 4) is 0 Å². The Labute approximate surface area is 117 Å². The lowest BCUT2D eigenvalue weighted by Crippen LogP contribution is -2.04. The van der Waals surface area contributed by atoms with Gasteiger partial charge in [0.1, 0.15) is 0 Å². The van der Waals surface area contributed by atoms with Crippen molar-refractivity contribution in [2.75, 3.05) is 19.8 Å². The molecule has 17 heavy (non-hydrogen) atoms. The molecule has 8 heteroatoms. The Hall–Kier alpha value is 0.980. The molecule has 4 nitrogen and oxygen atoms in total. The zero-order valence-electron chi connectivity index (χ0n) is 9.96. The molecule has 0 aromatic heterocycles. The summed E-state index contributed by atoms with van der Waals surface area (Å²) < 4.78 is 25.6. The van der Waals surface area contributed by atoms with E-state index in [4.69, 9.17) is 48.4 Å². The third-order valence-electron chi connectivity index (χ3n) is 1.68. The van der Waals surface area contributed by atoms with Crippen LogP contribution in [0.15, 0.2) is 0 Å². The maximum absolute atomic E-state index is 11.8. The van der Waals surface area contributed by atoms with E-state index in [-0.39, 0.29) is 19.8 Å². The van der Waals surface area contributed by atoms with Gasteiger partial charge in [-0.15, -0.1) is 0 Å². The van der Waals surface area contributed by atoms with Crippen molar-refractivity contribution in [3.63, 3.8) is 0 Å². The number of hydrogen-bond donors (Lipinski definition) is 0. The summed E-state index contributed by atoms with van der Waals surface area (Å²) >= 11 is 16.8. The third kappa shape index (κ3) is 10.6. The van der Waals surface area contributed by atoms with Crippen LogP contribution in [0, 0.1) is 0 Å². The first kappa shape index (κ1) is 18.0. The fourth-order valence-corrected chi connectivity index (χ4v) is 2.64. The van der Waals surface area contributed by atoms with Crippen LogP contribution < -0.4 is 0 Å². The smallest absolute Gasteiger partial charge is 0.287 e. The van der Waals surface area contributed by atoms with E-state index >= 15 is 0 Å². The number of hydrogen-bond acceptors (Lipinski definition) is 4. The lowest BCUT2D eigenvalue weighted by molar-refractivity contribution is 0.120. The van der Waals surface area contributed by atoms with Gasteiger partial charge in [0.2, 0.25) is 0 Å². The summed E-state index contributed by atoms with van der Waals surface area (Å²) in [5, 5.41) is 0. The molecule has 0 heterocycles. The van der Waals surface area contributed by atoms with Crippen molar-refractivity contribution in [1.82, 2.24) is 0 Å². The summed E-state index contributed by atoms with van der Waals surface area (Å²) in [7, 11) is -3.40. The Morgan fingerprint density at radius 1 is 1.00 bits per heavy atom. The number of unbranched alkanes of at least 4 members (excludes halogenated alkanes) is 1. The maximum Gasteiger partial charge on any atom is 0.474 e. The summed E-state index contributed by atoms with van der Waals surface area (Å²) in [6.45, 7) is 4.23. The van der Waals surface area contributed by atoms with E-state index in [0.29, 0.717) is 19.3 Å². The van der Waals surface area contributed by atoms with Crippen LogP contribution in [0.5, 0.6) is 0 Å². The normalized spacial score (nSPS) is 13.0. The van der Waals surface area contributed by atoms with Crippen LogP contribution >= 0.6 is 42.6 Å². The van der Waals surface area contributed by atoms with Gasteiger partial charge in [-0.3, -0.25) is 13.6 Å². The number of phosphoric ester groups is 1. The topological polar surface area (TPSA) is 44.8 Å². The first-order valence-corrected chi connectivity index (χ1v) is 8.03. The number of rotatable bonds is 9. The van der Waals surface area contributed by atoms with Gasteiger partial charge in [-0.2, -0.15) is 0 Å². The van der Waals surface area contributed by atoms with Gasteiger partial charge in [-0.25, -0.2) is 4.57 Å². The molecule has 0 aromatic rings. The first-order chi connectivity index (χ1) is 7.83. The fraction of sp³-hybridized carbons (Fsp3) is 1.00. The Morgan fingerprint density at radius 2 is 1.53 bits per heavy atom. The Bertz CT molecular complexity index is 235. The van der Waals surface area contributed by atoms with Gasteiger partial charge >= 0.3 is 7.82 Å². The van der Waals surface area contributed by atoms with E-state index in [1.165, 1.54) is 0 Å². The summed E-state index contributed by atoms with van der Waals surface area (Å²) in [6, 6.07) is 0. The van der Waals surface area contributed by atoms with E-state index in [2.05, 4.69) is 0 Å². The van der Waals surface area contributed by atoms with E-state index in [1.807, 2.05) is 0 Å². The van der Waals surface area contributed by atoms with Gasteiger partial charge < -0.3 is 0 Å². The second kappa shape index (κ2) is 8.98. The zero-order valence-corrected chi connectivity index (χ0v) is 13.1. The van der Waals surface area contributed by atoms with Crippen LogP contribution in [0.4, 0.5) is 0 Å². The molecule has 0 amide bonds. The number of alkyl halides is 3. The average Bonchev–Trinajstić information content (AvgIpc) is 2.16. The summed E-state index contributed by atoms with van der Waals surface area (Å²) in [5.41, 5.74) is 0. The highest BCUT2D eigenvalue weighted by atomic mass is 35.6. The molecule has 0 N–H and O–H groups in total.